The van der Waals surface area contributed by atoms with Gasteiger partial charge in [0.15, 0.2) is 5.96 Å². The van der Waals surface area contributed by atoms with Crippen LogP contribution in [-0.4, -0.2) is 61.8 Å². The highest BCUT2D eigenvalue weighted by Gasteiger charge is 2.26. The van der Waals surface area contributed by atoms with Crippen molar-refractivity contribution >= 4 is 41.3 Å². The fraction of sp³-hybridized carbons (Fsp3) is 0.500. The molecule has 1 aliphatic heterocycles. The molecule has 2 unspecified atom stereocenters. The van der Waals surface area contributed by atoms with Crippen molar-refractivity contribution in [3.8, 4) is 0 Å². The zero-order chi connectivity index (χ0) is 18.9. The average molecular weight is 515 g/mol. The molecule has 0 aromatic carbocycles. The van der Waals surface area contributed by atoms with Gasteiger partial charge < -0.3 is 15.4 Å². The summed E-state index contributed by atoms with van der Waals surface area (Å²) in [7, 11) is 1.81. The van der Waals surface area contributed by atoms with Crippen LogP contribution in [0.3, 0.4) is 0 Å². The Labute approximate surface area is 188 Å². The second-order valence-electron chi connectivity index (χ2n) is 6.66. The van der Waals surface area contributed by atoms with Crippen molar-refractivity contribution < 1.29 is 4.74 Å². The number of aromatic nitrogens is 1. The molecule has 1 aliphatic rings. The molecule has 0 saturated carbocycles. The monoisotopic (exact) mass is 515 g/mol. The number of hydrogen-bond acceptors (Lipinski definition) is 5. The van der Waals surface area contributed by atoms with Gasteiger partial charge in [0.1, 0.15) is 0 Å². The number of rotatable bonds is 7. The minimum Gasteiger partial charge on any atom is -0.376 e. The van der Waals surface area contributed by atoms with Gasteiger partial charge in [-0.15, -0.1) is 35.3 Å². The predicted octanol–water partition coefficient (Wildman–Crippen LogP) is 2.93. The van der Waals surface area contributed by atoms with Crippen LogP contribution in [0.1, 0.15) is 23.5 Å². The fourth-order valence-electron chi connectivity index (χ4n) is 3.29. The number of hydrogen-bond donors (Lipinski definition) is 2. The van der Waals surface area contributed by atoms with Gasteiger partial charge in [-0.2, -0.15) is 0 Å². The summed E-state index contributed by atoms with van der Waals surface area (Å²) >= 11 is 1.81. The van der Waals surface area contributed by atoms with Gasteiger partial charge in [-0.1, -0.05) is 12.1 Å². The van der Waals surface area contributed by atoms with Crippen LogP contribution >= 0.6 is 35.3 Å². The molecular formula is C20H30IN5OS. The second kappa shape index (κ2) is 12.4. The van der Waals surface area contributed by atoms with Crippen molar-refractivity contribution in [2.24, 2.45) is 4.99 Å². The lowest BCUT2D eigenvalue weighted by atomic mass is 10.1. The number of nitrogens with zero attached hydrogens (tertiary/aromatic N) is 3. The van der Waals surface area contributed by atoms with E-state index in [1.807, 2.05) is 42.8 Å². The van der Waals surface area contributed by atoms with E-state index < -0.39 is 0 Å². The molecule has 3 heterocycles. The fourth-order valence-corrected chi connectivity index (χ4v) is 4.15. The van der Waals surface area contributed by atoms with Crippen LogP contribution in [0.15, 0.2) is 46.9 Å². The normalized spacial score (nSPS) is 18.9. The molecule has 0 amide bonds. The molecule has 3 rings (SSSR count). The molecule has 2 N–H and O–H groups in total. The van der Waals surface area contributed by atoms with Gasteiger partial charge in [0, 0.05) is 56.4 Å². The number of nitrogens with one attached hydrogen (secondary N) is 2. The summed E-state index contributed by atoms with van der Waals surface area (Å²) in [6, 6.07) is 10.7. The van der Waals surface area contributed by atoms with Crippen molar-refractivity contribution in [3.05, 3.63) is 52.5 Å². The number of aliphatic imine (C=N–C) groups is 1. The maximum Gasteiger partial charge on any atom is 0.191 e. The Morgan fingerprint density at radius 2 is 2.25 bits per heavy atom. The Morgan fingerprint density at radius 1 is 1.36 bits per heavy atom. The molecule has 8 heteroatoms. The predicted molar refractivity (Wildman–Crippen MR) is 127 cm³/mol. The molecule has 0 bridgehead atoms. The molecule has 2 aromatic rings. The number of halogens is 1. The summed E-state index contributed by atoms with van der Waals surface area (Å²) in [6.45, 7) is 6.46. The summed E-state index contributed by atoms with van der Waals surface area (Å²) in [6.07, 6.45) is 2.98. The molecule has 28 heavy (non-hydrogen) atoms. The molecule has 0 spiro atoms. The van der Waals surface area contributed by atoms with E-state index in [1.165, 1.54) is 4.88 Å². The molecule has 1 fully saturated rings. The summed E-state index contributed by atoms with van der Waals surface area (Å²) < 4.78 is 5.72. The van der Waals surface area contributed by atoms with E-state index >= 15 is 0 Å². The van der Waals surface area contributed by atoms with Gasteiger partial charge in [0.05, 0.1) is 18.8 Å². The number of guanidine groups is 1. The Morgan fingerprint density at radius 3 is 2.93 bits per heavy atom. The lowest BCUT2D eigenvalue weighted by Gasteiger charge is -2.37. The van der Waals surface area contributed by atoms with Gasteiger partial charge in [-0.25, -0.2) is 0 Å². The lowest BCUT2D eigenvalue weighted by molar-refractivity contribution is -0.0334. The van der Waals surface area contributed by atoms with Crippen molar-refractivity contribution in [1.29, 1.82) is 0 Å². The minimum absolute atomic E-state index is 0. The van der Waals surface area contributed by atoms with Gasteiger partial charge in [0.25, 0.3) is 0 Å². The number of morpholine rings is 1. The van der Waals surface area contributed by atoms with E-state index in [9.17, 15) is 0 Å². The van der Waals surface area contributed by atoms with Crippen LogP contribution in [0, 0.1) is 0 Å². The average Bonchev–Trinajstić information content (AvgIpc) is 3.22. The highest BCUT2D eigenvalue weighted by atomic mass is 127. The minimum atomic E-state index is 0. The summed E-state index contributed by atoms with van der Waals surface area (Å²) in [5.74, 6) is 0.828. The maximum absolute atomic E-state index is 5.72. The molecule has 2 aromatic heterocycles. The number of ether oxygens (including phenoxy) is 1. The third-order valence-electron chi connectivity index (χ3n) is 4.67. The molecule has 0 aliphatic carbocycles. The van der Waals surface area contributed by atoms with E-state index in [1.54, 1.807) is 0 Å². The van der Waals surface area contributed by atoms with Gasteiger partial charge in [0.2, 0.25) is 0 Å². The van der Waals surface area contributed by atoms with E-state index in [0.29, 0.717) is 6.04 Å². The Bertz CT molecular complexity index is 698. The van der Waals surface area contributed by atoms with Gasteiger partial charge in [-0.3, -0.25) is 14.9 Å². The van der Waals surface area contributed by atoms with E-state index in [2.05, 4.69) is 49.9 Å². The van der Waals surface area contributed by atoms with Crippen LogP contribution in [-0.2, 0) is 11.2 Å². The molecule has 0 radical (unpaired) electrons. The van der Waals surface area contributed by atoms with Crippen LogP contribution in [0.4, 0.5) is 0 Å². The van der Waals surface area contributed by atoms with Crippen molar-refractivity contribution in [2.75, 3.05) is 39.8 Å². The highest BCUT2D eigenvalue weighted by molar-refractivity contribution is 14.0. The standard InChI is InChI=1S/C20H29N5OS.HI/c1-16-15-25(11-12-26-16)18(19-7-5-13-27-19)14-24-20(21-2)23-10-8-17-6-3-4-9-22-17;/h3-7,9,13,16,18H,8,10-12,14-15H2,1-2H3,(H2,21,23,24);1H. The van der Waals surface area contributed by atoms with E-state index in [4.69, 9.17) is 4.74 Å². The Hall–Kier alpha value is -1.23. The molecule has 1 saturated heterocycles. The summed E-state index contributed by atoms with van der Waals surface area (Å²) in [5.41, 5.74) is 1.08. The van der Waals surface area contributed by atoms with Crippen LogP contribution in [0.25, 0.3) is 0 Å². The first-order valence-corrected chi connectivity index (χ1v) is 10.4. The third-order valence-corrected chi connectivity index (χ3v) is 5.64. The van der Waals surface area contributed by atoms with Gasteiger partial charge in [-0.05, 0) is 30.5 Å². The second-order valence-corrected chi connectivity index (χ2v) is 7.64. The Balaban J connectivity index is 0.00000280. The Kier molecular flexibility index (Phi) is 10.2. The molecule has 154 valence electrons. The summed E-state index contributed by atoms with van der Waals surface area (Å²) in [5, 5.41) is 9.03. The lowest BCUT2D eigenvalue weighted by Crippen LogP contribution is -2.48. The first kappa shape index (κ1) is 23.1. The zero-order valence-corrected chi connectivity index (χ0v) is 19.7. The maximum atomic E-state index is 5.72. The molecule has 6 nitrogen and oxygen atoms in total. The molecular weight excluding hydrogens is 485 g/mol. The van der Waals surface area contributed by atoms with E-state index in [0.717, 1.165) is 50.9 Å². The van der Waals surface area contributed by atoms with Crippen molar-refractivity contribution in [2.45, 2.75) is 25.5 Å². The highest BCUT2D eigenvalue weighted by Crippen LogP contribution is 2.26. The van der Waals surface area contributed by atoms with Crippen LogP contribution in [0.5, 0.6) is 0 Å². The summed E-state index contributed by atoms with van der Waals surface area (Å²) in [4.78, 5) is 12.6. The van der Waals surface area contributed by atoms with Gasteiger partial charge >= 0.3 is 0 Å². The molecule has 2 atom stereocenters. The zero-order valence-electron chi connectivity index (χ0n) is 16.5. The van der Waals surface area contributed by atoms with Crippen LogP contribution < -0.4 is 10.6 Å². The number of thiophene rings is 1. The smallest absolute Gasteiger partial charge is 0.191 e. The number of pyridine rings is 1. The van der Waals surface area contributed by atoms with E-state index in [-0.39, 0.29) is 30.1 Å². The first-order chi connectivity index (χ1) is 13.3. The van der Waals surface area contributed by atoms with Crippen molar-refractivity contribution in [3.63, 3.8) is 0 Å². The third kappa shape index (κ3) is 6.98. The van der Waals surface area contributed by atoms with Crippen LogP contribution in [0.2, 0.25) is 0 Å². The quantitative estimate of drug-likeness (QED) is 0.338. The largest absolute Gasteiger partial charge is 0.376 e. The first-order valence-electron chi connectivity index (χ1n) is 9.49. The SMILES string of the molecule is CN=C(NCCc1ccccn1)NCC(c1cccs1)N1CCOC(C)C1.I. The topological polar surface area (TPSA) is 61.8 Å². The van der Waals surface area contributed by atoms with Crippen molar-refractivity contribution in [1.82, 2.24) is 20.5 Å².